The molecular weight excluding hydrogens is 340 g/mol. The lowest BCUT2D eigenvalue weighted by molar-refractivity contribution is 0.0143. The van der Waals surface area contributed by atoms with Crippen LogP contribution in [0, 0.1) is 6.92 Å². The predicted molar refractivity (Wildman–Crippen MR) is 97.8 cm³/mol. The van der Waals surface area contributed by atoms with Crippen LogP contribution in [0.25, 0.3) is 0 Å². The summed E-state index contributed by atoms with van der Waals surface area (Å²) < 4.78 is 32.5. The summed E-state index contributed by atoms with van der Waals surface area (Å²) in [6.07, 6.45) is -0.393. The number of aryl methyl sites for hydroxylation is 1. The fourth-order valence-corrected chi connectivity index (χ4v) is 4.76. The third kappa shape index (κ3) is 5.19. The Morgan fingerprint density at radius 3 is 2.44 bits per heavy atom. The van der Waals surface area contributed by atoms with Crippen LogP contribution in [0.5, 0.6) is 0 Å². The fourth-order valence-electron chi connectivity index (χ4n) is 2.90. The van der Waals surface area contributed by atoms with Crippen LogP contribution in [0.15, 0.2) is 24.3 Å². The normalized spacial score (nSPS) is 19.7. The van der Waals surface area contributed by atoms with Crippen LogP contribution in [0.2, 0.25) is 0 Å². The molecule has 1 saturated heterocycles. The van der Waals surface area contributed by atoms with E-state index in [2.05, 4.69) is 0 Å². The average molecular weight is 368 g/mol. The van der Waals surface area contributed by atoms with Crippen LogP contribution in [0.4, 0.5) is 4.79 Å². The summed E-state index contributed by atoms with van der Waals surface area (Å²) in [6.45, 7) is 10.1. The first-order chi connectivity index (χ1) is 11.5. The highest BCUT2D eigenvalue weighted by Crippen LogP contribution is 2.21. The topological polar surface area (TPSA) is 66.9 Å². The standard InChI is InChI=1S/C18H28N2O4S/c1-14-8-6-7-9-16(14)13-25(22,23)20-11-10-19(12-15(20)2)17(21)24-18(3,4)5/h6-9,15H,10-13H2,1-5H3/t15-/m0/s1. The second kappa shape index (κ2) is 7.33. The molecular formula is C18H28N2O4S. The molecule has 1 heterocycles. The Hall–Kier alpha value is -1.60. The lowest BCUT2D eigenvalue weighted by atomic mass is 10.1. The number of carbonyl (C=O) groups is 1. The van der Waals surface area contributed by atoms with E-state index < -0.39 is 21.7 Å². The Balaban J connectivity index is 2.05. The predicted octanol–water partition coefficient (Wildman–Crippen LogP) is 2.77. The summed E-state index contributed by atoms with van der Waals surface area (Å²) in [5.41, 5.74) is 1.21. The zero-order valence-corrected chi connectivity index (χ0v) is 16.5. The molecule has 0 N–H and O–H groups in total. The Labute approximate surface area is 150 Å². The smallest absolute Gasteiger partial charge is 0.410 e. The van der Waals surface area contributed by atoms with Gasteiger partial charge in [0.25, 0.3) is 0 Å². The van der Waals surface area contributed by atoms with Gasteiger partial charge in [-0.3, -0.25) is 0 Å². The second-order valence-corrected chi connectivity index (χ2v) is 9.49. The summed E-state index contributed by atoms with van der Waals surface area (Å²) in [6, 6.07) is 7.22. The van der Waals surface area contributed by atoms with Gasteiger partial charge < -0.3 is 9.64 Å². The van der Waals surface area contributed by atoms with E-state index in [4.69, 9.17) is 4.74 Å². The second-order valence-electron chi connectivity index (χ2n) is 7.57. The van der Waals surface area contributed by atoms with Gasteiger partial charge in [0.15, 0.2) is 0 Å². The van der Waals surface area contributed by atoms with Crippen LogP contribution >= 0.6 is 0 Å². The molecule has 1 aliphatic rings. The monoisotopic (exact) mass is 368 g/mol. The highest BCUT2D eigenvalue weighted by Gasteiger charge is 2.35. The minimum Gasteiger partial charge on any atom is -0.444 e. The first-order valence-electron chi connectivity index (χ1n) is 8.51. The lowest BCUT2D eigenvalue weighted by Crippen LogP contribution is -2.56. The van der Waals surface area contributed by atoms with Gasteiger partial charge in [0.1, 0.15) is 5.60 Å². The van der Waals surface area contributed by atoms with Crippen molar-refractivity contribution in [2.45, 2.75) is 52.0 Å². The van der Waals surface area contributed by atoms with Gasteiger partial charge in [-0.1, -0.05) is 24.3 Å². The van der Waals surface area contributed by atoms with Crippen molar-refractivity contribution in [3.8, 4) is 0 Å². The average Bonchev–Trinajstić information content (AvgIpc) is 2.47. The Bertz CT molecular complexity index is 725. The first kappa shape index (κ1) is 19.7. The molecule has 0 bridgehead atoms. The zero-order chi connectivity index (χ0) is 18.8. The van der Waals surface area contributed by atoms with E-state index in [0.717, 1.165) is 11.1 Å². The molecule has 7 heteroatoms. The van der Waals surface area contributed by atoms with Crippen molar-refractivity contribution < 1.29 is 17.9 Å². The number of amides is 1. The lowest BCUT2D eigenvalue weighted by Gasteiger charge is -2.39. The molecule has 1 atom stereocenters. The number of piperazine rings is 1. The van der Waals surface area contributed by atoms with Crippen LogP contribution in [-0.4, -0.2) is 55.0 Å². The summed E-state index contributed by atoms with van der Waals surface area (Å²) in [7, 11) is -3.44. The Kier molecular flexibility index (Phi) is 5.79. The summed E-state index contributed by atoms with van der Waals surface area (Å²) in [5.74, 6) is -0.0174. The van der Waals surface area contributed by atoms with Crippen LogP contribution in [0.1, 0.15) is 38.8 Å². The number of rotatable bonds is 3. The van der Waals surface area contributed by atoms with Gasteiger partial charge in [0, 0.05) is 25.7 Å². The van der Waals surface area contributed by atoms with Crippen LogP contribution < -0.4 is 0 Å². The maximum Gasteiger partial charge on any atom is 0.410 e. The van der Waals surface area contributed by atoms with Crippen molar-refractivity contribution in [2.75, 3.05) is 19.6 Å². The number of sulfonamides is 1. The van der Waals surface area contributed by atoms with Crippen molar-refractivity contribution in [3.63, 3.8) is 0 Å². The Morgan fingerprint density at radius 2 is 1.88 bits per heavy atom. The number of hydrogen-bond donors (Lipinski definition) is 0. The third-order valence-corrected chi connectivity index (χ3v) is 6.11. The highest BCUT2D eigenvalue weighted by atomic mass is 32.2. The molecule has 1 aromatic rings. The largest absolute Gasteiger partial charge is 0.444 e. The first-order valence-corrected chi connectivity index (χ1v) is 10.1. The molecule has 0 aromatic heterocycles. The summed E-state index contributed by atoms with van der Waals surface area (Å²) >= 11 is 0. The molecule has 0 radical (unpaired) electrons. The van der Waals surface area contributed by atoms with Crippen molar-refractivity contribution in [1.82, 2.24) is 9.21 Å². The molecule has 0 spiro atoms. The summed E-state index contributed by atoms with van der Waals surface area (Å²) in [5, 5.41) is 0. The molecule has 0 unspecified atom stereocenters. The number of ether oxygens (including phenoxy) is 1. The van der Waals surface area contributed by atoms with Gasteiger partial charge in [-0.15, -0.1) is 0 Å². The van der Waals surface area contributed by atoms with E-state index in [1.165, 1.54) is 4.31 Å². The van der Waals surface area contributed by atoms with Crippen molar-refractivity contribution in [2.24, 2.45) is 0 Å². The molecule has 25 heavy (non-hydrogen) atoms. The highest BCUT2D eigenvalue weighted by molar-refractivity contribution is 7.88. The van der Waals surface area contributed by atoms with Gasteiger partial charge in [-0.2, -0.15) is 4.31 Å². The number of hydrogen-bond acceptors (Lipinski definition) is 4. The van der Waals surface area contributed by atoms with Crippen LogP contribution in [0.3, 0.4) is 0 Å². The van der Waals surface area contributed by atoms with Gasteiger partial charge in [-0.25, -0.2) is 13.2 Å². The van der Waals surface area contributed by atoms with Crippen LogP contribution in [-0.2, 0) is 20.5 Å². The molecule has 140 valence electrons. The quantitative estimate of drug-likeness (QED) is 0.823. The van der Waals surface area contributed by atoms with E-state index in [1.807, 2.05) is 58.9 Å². The van der Waals surface area contributed by atoms with E-state index in [0.29, 0.717) is 13.1 Å². The van der Waals surface area contributed by atoms with Gasteiger partial charge in [0.2, 0.25) is 10.0 Å². The fraction of sp³-hybridized carbons (Fsp3) is 0.611. The third-order valence-electron chi connectivity index (χ3n) is 4.17. The zero-order valence-electron chi connectivity index (χ0n) is 15.7. The number of nitrogens with zero attached hydrogens (tertiary/aromatic N) is 2. The van der Waals surface area contributed by atoms with Gasteiger partial charge >= 0.3 is 6.09 Å². The molecule has 1 aromatic carbocycles. The molecule has 2 rings (SSSR count). The molecule has 1 fully saturated rings. The number of carbonyl (C=O) groups excluding carboxylic acids is 1. The minimum absolute atomic E-state index is 0.0174. The Morgan fingerprint density at radius 1 is 1.24 bits per heavy atom. The van der Waals surface area contributed by atoms with E-state index in [1.54, 1.807) is 4.90 Å². The molecule has 6 nitrogen and oxygen atoms in total. The van der Waals surface area contributed by atoms with Crippen molar-refractivity contribution >= 4 is 16.1 Å². The summed E-state index contributed by atoms with van der Waals surface area (Å²) in [4.78, 5) is 13.8. The molecule has 0 saturated carbocycles. The van der Waals surface area contributed by atoms with E-state index in [-0.39, 0.29) is 18.3 Å². The van der Waals surface area contributed by atoms with Gasteiger partial charge in [0.05, 0.1) is 5.75 Å². The van der Waals surface area contributed by atoms with E-state index >= 15 is 0 Å². The minimum atomic E-state index is -3.44. The van der Waals surface area contributed by atoms with Gasteiger partial charge in [-0.05, 0) is 45.7 Å². The van der Waals surface area contributed by atoms with Crippen molar-refractivity contribution in [1.29, 1.82) is 0 Å². The molecule has 0 aliphatic carbocycles. The van der Waals surface area contributed by atoms with Crippen molar-refractivity contribution in [3.05, 3.63) is 35.4 Å². The SMILES string of the molecule is Cc1ccccc1CS(=O)(=O)N1CCN(C(=O)OC(C)(C)C)C[C@@H]1C. The molecule has 1 aliphatic heterocycles. The number of benzene rings is 1. The maximum atomic E-state index is 12.8. The molecule has 1 amide bonds. The van der Waals surface area contributed by atoms with E-state index in [9.17, 15) is 13.2 Å². The maximum absolute atomic E-state index is 12.8.